The van der Waals surface area contributed by atoms with Crippen LogP contribution >= 0.6 is 22.9 Å². The van der Waals surface area contributed by atoms with Crippen LogP contribution in [-0.2, 0) is 0 Å². The molecule has 0 aliphatic heterocycles. The van der Waals surface area contributed by atoms with Gasteiger partial charge in [-0.25, -0.2) is 9.79 Å². The number of hydrogen-bond acceptors (Lipinski definition) is 4. The molecule has 9 heteroatoms. The van der Waals surface area contributed by atoms with Gasteiger partial charge < -0.3 is 10.8 Å². The van der Waals surface area contributed by atoms with Crippen LogP contribution in [0, 0.1) is 0 Å². The average molecular weight is 451 g/mol. The lowest BCUT2D eigenvalue weighted by molar-refractivity contribution is -0.0925. The van der Waals surface area contributed by atoms with Crippen LogP contribution in [0.25, 0.3) is 10.4 Å². The Bertz CT molecular complexity index is 1150. The average Bonchev–Trinajstić information content (AvgIpc) is 3.18. The first kappa shape index (κ1) is 21.6. The van der Waals surface area contributed by atoms with E-state index >= 15 is 0 Å². The minimum Gasteiger partial charge on any atom is -0.478 e. The Balaban J connectivity index is 2.09. The summed E-state index contributed by atoms with van der Waals surface area (Å²) in [7, 11) is 0. The first-order chi connectivity index (χ1) is 14.1. The van der Waals surface area contributed by atoms with Crippen molar-refractivity contribution in [1.29, 1.82) is 0 Å². The van der Waals surface area contributed by atoms with Crippen molar-refractivity contribution in [1.82, 2.24) is 0 Å². The minimum atomic E-state index is -4.71. The zero-order valence-electron chi connectivity index (χ0n) is 15.2. The number of alkyl halides is 3. The molecule has 0 radical (unpaired) electrons. The van der Waals surface area contributed by atoms with Crippen molar-refractivity contribution in [3.05, 3.63) is 87.9 Å². The number of aromatic carboxylic acids is 1. The van der Waals surface area contributed by atoms with Gasteiger partial charge in [0.1, 0.15) is 5.70 Å². The van der Waals surface area contributed by atoms with Gasteiger partial charge in [-0.1, -0.05) is 35.9 Å². The van der Waals surface area contributed by atoms with Crippen LogP contribution in [0.5, 0.6) is 0 Å². The molecule has 0 bridgehead atoms. The van der Waals surface area contributed by atoms with Crippen LogP contribution in [0.15, 0.2) is 77.4 Å². The molecule has 0 aliphatic carbocycles. The highest BCUT2D eigenvalue weighted by Gasteiger charge is 2.32. The number of carboxylic acids is 1. The second-order valence-corrected chi connectivity index (χ2v) is 7.59. The zero-order valence-corrected chi connectivity index (χ0v) is 16.7. The fraction of sp³-hybridized carbons (Fsp3) is 0.0476. The lowest BCUT2D eigenvalue weighted by atomic mass is 10.1. The molecule has 1 heterocycles. The number of carbonyl (C=O) groups is 1. The standard InChI is InChI=1S/C21H14ClF3N2O2S/c22-14-6-1-2-7-15(14)27-16(11-19(26)21(23,24)25)18-9-8-17(30-18)12-4-3-5-13(10-12)20(28)29/h1-11H,26H2,(H,28,29). The molecule has 4 nitrogen and oxygen atoms in total. The molecule has 3 rings (SSSR count). The highest BCUT2D eigenvalue weighted by atomic mass is 35.5. The fourth-order valence-electron chi connectivity index (χ4n) is 2.50. The third kappa shape index (κ3) is 5.08. The van der Waals surface area contributed by atoms with Gasteiger partial charge in [0.2, 0.25) is 0 Å². The Morgan fingerprint density at radius 2 is 1.83 bits per heavy atom. The van der Waals surface area contributed by atoms with Gasteiger partial charge in [0, 0.05) is 4.88 Å². The number of nitrogens with two attached hydrogens (primary N) is 1. The third-order valence-corrected chi connectivity index (χ3v) is 5.44. The van der Waals surface area contributed by atoms with Crippen LogP contribution in [0.4, 0.5) is 18.9 Å². The molecule has 154 valence electrons. The summed E-state index contributed by atoms with van der Waals surface area (Å²) in [5, 5.41) is 9.44. The van der Waals surface area contributed by atoms with Gasteiger partial charge in [0.05, 0.1) is 26.9 Å². The summed E-state index contributed by atoms with van der Waals surface area (Å²) >= 11 is 7.25. The van der Waals surface area contributed by atoms with Crippen LogP contribution in [-0.4, -0.2) is 23.0 Å². The smallest absolute Gasteiger partial charge is 0.430 e. The molecule has 0 fully saturated rings. The van der Waals surface area contributed by atoms with Gasteiger partial charge in [0.15, 0.2) is 0 Å². The number of carboxylic acid groups (broad SMARTS) is 1. The van der Waals surface area contributed by atoms with Crippen molar-refractivity contribution in [2.24, 2.45) is 10.7 Å². The first-order valence-corrected chi connectivity index (χ1v) is 9.66. The van der Waals surface area contributed by atoms with E-state index in [4.69, 9.17) is 22.4 Å². The lowest BCUT2D eigenvalue weighted by Gasteiger charge is -2.08. The second-order valence-electron chi connectivity index (χ2n) is 6.10. The van der Waals surface area contributed by atoms with Gasteiger partial charge in [-0.05, 0) is 48.0 Å². The van der Waals surface area contributed by atoms with Gasteiger partial charge >= 0.3 is 12.1 Å². The normalized spacial score (nSPS) is 12.8. The van der Waals surface area contributed by atoms with Gasteiger partial charge in [-0.2, -0.15) is 13.2 Å². The topological polar surface area (TPSA) is 75.7 Å². The maximum absolute atomic E-state index is 13.0. The van der Waals surface area contributed by atoms with E-state index in [1.54, 1.807) is 48.5 Å². The van der Waals surface area contributed by atoms with Crippen molar-refractivity contribution in [3.63, 3.8) is 0 Å². The molecule has 0 aliphatic rings. The molecule has 3 aromatic rings. The van der Waals surface area contributed by atoms with E-state index in [2.05, 4.69) is 4.99 Å². The molecular formula is C21H14ClF3N2O2S. The minimum absolute atomic E-state index is 0.0106. The number of halogens is 4. The molecule has 30 heavy (non-hydrogen) atoms. The number of rotatable bonds is 5. The van der Waals surface area contributed by atoms with Crippen molar-refractivity contribution in [3.8, 4) is 10.4 Å². The molecule has 0 spiro atoms. The predicted molar refractivity (Wildman–Crippen MR) is 113 cm³/mol. The van der Waals surface area contributed by atoms with Crippen LogP contribution in [0.3, 0.4) is 0 Å². The summed E-state index contributed by atoms with van der Waals surface area (Å²) in [5.74, 6) is -1.07. The van der Waals surface area contributed by atoms with E-state index in [-0.39, 0.29) is 16.3 Å². The van der Waals surface area contributed by atoms with Crippen molar-refractivity contribution < 1.29 is 23.1 Å². The second kappa shape index (κ2) is 8.73. The van der Waals surface area contributed by atoms with Gasteiger partial charge in [-0.3, -0.25) is 0 Å². The SMILES string of the molecule is NC(=CC(=Nc1ccccc1Cl)c1ccc(-c2cccc(C(=O)O)c2)s1)C(F)(F)F. The molecule has 0 unspecified atom stereocenters. The Morgan fingerprint density at radius 1 is 1.10 bits per heavy atom. The van der Waals surface area contributed by atoms with Crippen molar-refractivity contribution in [2.45, 2.75) is 6.18 Å². The van der Waals surface area contributed by atoms with E-state index < -0.39 is 17.8 Å². The number of hydrogen-bond donors (Lipinski definition) is 2. The number of aliphatic imine (C=N–C) groups is 1. The van der Waals surface area contributed by atoms with Crippen LogP contribution < -0.4 is 5.73 Å². The molecule has 1 aromatic heterocycles. The number of para-hydroxylation sites is 1. The number of benzene rings is 2. The quantitative estimate of drug-likeness (QED) is 0.448. The number of nitrogens with zero attached hydrogens (tertiary/aromatic N) is 1. The number of allylic oxidation sites excluding steroid dienone is 2. The summed E-state index contributed by atoms with van der Waals surface area (Å²) in [6.45, 7) is 0. The van der Waals surface area contributed by atoms with Crippen molar-refractivity contribution >= 4 is 40.3 Å². The predicted octanol–water partition coefficient (Wildman–Crippen LogP) is 6.29. The van der Waals surface area contributed by atoms with Gasteiger partial charge in [0.25, 0.3) is 0 Å². The summed E-state index contributed by atoms with van der Waals surface area (Å²) in [5.41, 5.74) is 4.93. The van der Waals surface area contributed by atoms with Gasteiger partial charge in [-0.15, -0.1) is 11.3 Å². The maximum Gasteiger partial charge on any atom is 0.430 e. The van der Waals surface area contributed by atoms with E-state index in [0.717, 1.165) is 17.4 Å². The molecule has 0 saturated heterocycles. The summed E-state index contributed by atoms with van der Waals surface area (Å²) < 4.78 is 39.0. The third-order valence-electron chi connectivity index (χ3n) is 3.97. The van der Waals surface area contributed by atoms with Crippen molar-refractivity contribution in [2.75, 3.05) is 0 Å². The monoisotopic (exact) mass is 450 g/mol. The van der Waals surface area contributed by atoms with E-state index in [0.29, 0.717) is 21.0 Å². The molecule has 3 N–H and O–H groups in total. The Morgan fingerprint density at radius 3 is 2.50 bits per heavy atom. The highest BCUT2D eigenvalue weighted by molar-refractivity contribution is 7.17. The van der Waals surface area contributed by atoms with E-state index in [1.165, 1.54) is 12.1 Å². The fourth-order valence-corrected chi connectivity index (χ4v) is 3.64. The largest absolute Gasteiger partial charge is 0.478 e. The van der Waals surface area contributed by atoms with E-state index in [9.17, 15) is 18.0 Å². The van der Waals surface area contributed by atoms with Crippen LogP contribution in [0.1, 0.15) is 15.2 Å². The van der Waals surface area contributed by atoms with E-state index in [1.807, 2.05) is 0 Å². The highest BCUT2D eigenvalue weighted by Crippen LogP contribution is 2.32. The number of thiophene rings is 1. The zero-order chi connectivity index (χ0) is 21.9. The summed E-state index contributed by atoms with van der Waals surface area (Å²) in [4.78, 5) is 16.6. The molecule has 2 aromatic carbocycles. The molecule has 0 amide bonds. The molecule has 0 atom stereocenters. The summed E-state index contributed by atoms with van der Waals surface area (Å²) in [6.07, 6.45) is -3.95. The summed E-state index contributed by atoms with van der Waals surface area (Å²) in [6, 6.07) is 16.0. The Kier molecular flexibility index (Phi) is 6.28. The van der Waals surface area contributed by atoms with Crippen LogP contribution in [0.2, 0.25) is 5.02 Å². The Hall–Kier alpha value is -3.10. The molecule has 0 saturated carbocycles. The first-order valence-electron chi connectivity index (χ1n) is 8.46. The Labute approximate surface area is 178 Å². The lowest BCUT2D eigenvalue weighted by Crippen LogP contribution is -2.20. The molecular weight excluding hydrogens is 437 g/mol. The maximum atomic E-state index is 13.0.